The van der Waals surface area contributed by atoms with Crippen LogP contribution in [-0.2, 0) is 16.0 Å². The van der Waals surface area contributed by atoms with E-state index in [1.807, 2.05) is 43.3 Å². The zero-order valence-electron chi connectivity index (χ0n) is 9.57. The van der Waals surface area contributed by atoms with Crippen molar-refractivity contribution in [2.75, 3.05) is 6.61 Å². The number of rotatable bonds is 3. The maximum Gasteiger partial charge on any atom is 0.310 e. The predicted molar refractivity (Wildman–Crippen MR) is 72.0 cm³/mol. The van der Waals surface area contributed by atoms with Crippen LogP contribution in [0.1, 0.15) is 12.5 Å². The molecule has 2 aromatic carbocycles. The molecule has 0 N–H and O–H groups in total. The maximum atomic E-state index is 11.5. The molecular weight excluding hydrogens is 280 g/mol. The van der Waals surface area contributed by atoms with Crippen LogP contribution in [0.3, 0.4) is 0 Å². The van der Waals surface area contributed by atoms with Gasteiger partial charge in [0, 0.05) is 4.47 Å². The topological polar surface area (TPSA) is 26.3 Å². The average Bonchev–Trinajstić information content (AvgIpc) is 2.34. The van der Waals surface area contributed by atoms with Crippen molar-refractivity contribution >= 4 is 32.7 Å². The van der Waals surface area contributed by atoms with Crippen LogP contribution in [0.5, 0.6) is 0 Å². The van der Waals surface area contributed by atoms with E-state index in [0.29, 0.717) is 13.0 Å². The molecule has 0 spiro atoms. The van der Waals surface area contributed by atoms with Gasteiger partial charge < -0.3 is 4.74 Å². The van der Waals surface area contributed by atoms with Gasteiger partial charge in [-0.1, -0.05) is 46.3 Å². The lowest BCUT2D eigenvalue weighted by Gasteiger charge is -2.07. The zero-order chi connectivity index (χ0) is 12.3. The summed E-state index contributed by atoms with van der Waals surface area (Å²) >= 11 is 3.51. The highest BCUT2D eigenvalue weighted by molar-refractivity contribution is 9.10. The molecule has 0 unspecified atom stereocenters. The Balaban J connectivity index is 2.41. The number of benzene rings is 2. The van der Waals surface area contributed by atoms with E-state index in [4.69, 9.17) is 4.74 Å². The summed E-state index contributed by atoms with van der Waals surface area (Å²) in [7, 11) is 0. The second-order valence-electron chi connectivity index (χ2n) is 3.73. The van der Waals surface area contributed by atoms with Gasteiger partial charge in [0.1, 0.15) is 0 Å². The Morgan fingerprint density at radius 3 is 2.59 bits per heavy atom. The van der Waals surface area contributed by atoms with Crippen LogP contribution < -0.4 is 0 Å². The molecular formula is C14H13BrO2. The number of esters is 1. The Kier molecular flexibility index (Phi) is 3.79. The summed E-state index contributed by atoms with van der Waals surface area (Å²) in [6.07, 6.45) is 0.321. The standard InChI is InChI=1S/C14H13BrO2/c1-2-17-14(16)9-10-7-8-13(15)12-6-4-3-5-11(10)12/h3-8H,2,9H2,1H3. The van der Waals surface area contributed by atoms with Crippen LogP contribution >= 0.6 is 15.9 Å². The molecule has 0 bridgehead atoms. The van der Waals surface area contributed by atoms with E-state index in [9.17, 15) is 4.79 Å². The third kappa shape index (κ3) is 2.67. The highest BCUT2D eigenvalue weighted by atomic mass is 79.9. The van der Waals surface area contributed by atoms with Gasteiger partial charge in [0.05, 0.1) is 13.0 Å². The summed E-state index contributed by atoms with van der Waals surface area (Å²) in [4.78, 5) is 11.5. The van der Waals surface area contributed by atoms with Gasteiger partial charge in [-0.25, -0.2) is 0 Å². The van der Waals surface area contributed by atoms with E-state index in [2.05, 4.69) is 15.9 Å². The molecule has 0 aliphatic rings. The van der Waals surface area contributed by atoms with Crippen molar-refractivity contribution in [1.82, 2.24) is 0 Å². The first-order valence-electron chi connectivity index (χ1n) is 5.54. The fraction of sp³-hybridized carbons (Fsp3) is 0.214. The number of carbonyl (C=O) groups excluding carboxylic acids is 1. The SMILES string of the molecule is CCOC(=O)Cc1ccc(Br)c2ccccc12. The first kappa shape index (κ1) is 12.1. The average molecular weight is 293 g/mol. The lowest BCUT2D eigenvalue weighted by Crippen LogP contribution is -2.07. The Labute approximate surface area is 109 Å². The molecule has 0 amide bonds. The summed E-state index contributed by atoms with van der Waals surface area (Å²) in [6, 6.07) is 12.0. The molecule has 2 rings (SSSR count). The number of ether oxygens (including phenoxy) is 1. The molecule has 0 aromatic heterocycles. The molecule has 0 heterocycles. The Morgan fingerprint density at radius 1 is 1.18 bits per heavy atom. The van der Waals surface area contributed by atoms with Gasteiger partial charge in [0.2, 0.25) is 0 Å². The summed E-state index contributed by atoms with van der Waals surface area (Å²) in [5, 5.41) is 2.21. The Bertz CT molecular complexity index is 549. The van der Waals surface area contributed by atoms with Gasteiger partial charge in [0.25, 0.3) is 0 Å². The molecule has 0 radical (unpaired) electrons. The quantitative estimate of drug-likeness (QED) is 0.806. The van der Waals surface area contributed by atoms with Crippen molar-refractivity contribution in [2.24, 2.45) is 0 Å². The molecule has 0 atom stereocenters. The Hall–Kier alpha value is -1.35. The van der Waals surface area contributed by atoms with Gasteiger partial charge in [-0.15, -0.1) is 0 Å². The molecule has 88 valence electrons. The molecule has 0 aliphatic heterocycles. The van der Waals surface area contributed by atoms with Gasteiger partial charge in [-0.3, -0.25) is 4.79 Å². The maximum absolute atomic E-state index is 11.5. The minimum absolute atomic E-state index is 0.181. The van der Waals surface area contributed by atoms with E-state index >= 15 is 0 Å². The fourth-order valence-corrected chi connectivity index (χ4v) is 2.32. The van der Waals surface area contributed by atoms with Gasteiger partial charge in [-0.2, -0.15) is 0 Å². The largest absolute Gasteiger partial charge is 0.466 e. The number of hydrogen-bond acceptors (Lipinski definition) is 2. The van der Waals surface area contributed by atoms with Crippen LogP contribution in [0, 0.1) is 0 Å². The van der Waals surface area contributed by atoms with Gasteiger partial charge in [-0.05, 0) is 29.3 Å². The summed E-state index contributed by atoms with van der Waals surface area (Å²) in [6.45, 7) is 2.24. The molecule has 17 heavy (non-hydrogen) atoms. The van der Waals surface area contributed by atoms with Gasteiger partial charge >= 0.3 is 5.97 Å². The fourth-order valence-electron chi connectivity index (χ4n) is 1.85. The van der Waals surface area contributed by atoms with Crippen molar-refractivity contribution in [1.29, 1.82) is 0 Å². The van der Waals surface area contributed by atoms with Crippen molar-refractivity contribution < 1.29 is 9.53 Å². The van der Waals surface area contributed by atoms with Crippen molar-refractivity contribution in [3.05, 3.63) is 46.4 Å². The van der Waals surface area contributed by atoms with Crippen LogP contribution in [0.4, 0.5) is 0 Å². The van der Waals surface area contributed by atoms with Crippen molar-refractivity contribution in [3.63, 3.8) is 0 Å². The second-order valence-corrected chi connectivity index (χ2v) is 4.59. The van der Waals surface area contributed by atoms with Gasteiger partial charge in [0.15, 0.2) is 0 Å². The molecule has 0 fully saturated rings. The normalized spacial score (nSPS) is 10.5. The third-order valence-corrected chi connectivity index (χ3v) is 3.29. The zero-order valence-corrected chi connectivity index (χ0v) is 11.2. The van der Waals surface area contributed by atoms with Crippen LogP contribution in [0.25, 0.3) is 10.8 Å². The van der Waals surface area contributed by atoms with Crippen LogP contribution in [0.2, 0.25) is 0 Å². The smallest absolute Gasteiger partial charge is 0.310 e. The van der Waals surface area contributed by atoms with E-state index in [-0.39, 0.29) is 5.97 Å². The summed E-state index contributed by atoms with van der Waals surface area (Å²) < 4.78 is 6.02. The minimum Gasteiger partial charge on any atom is -0.466 e. The highest BCUT2D eigenvalue weighted by Crippen LogP contribution is 2.27. The Morgan fingerprint density at radius 2 is 1.88 bits per heavy atom. The van der Waals surface area contributed by atoms with E-state index < -0.39 is 0 Å². The van der Waals surface area contributed by atoms with E-state index in [1.54, 1.807) is 0 Å². The number of halogens is 1. The minimum atomic E-state index is -0.181. The lowest BCUT2D eigenvalue weighted by atomic mass is 10.0. The molecule has 2 nitrogen and oxygen atoms in total. The number of carbonyl (C=O) groups is 1. The van der Waals surface area contributed by atoms with Crippen molar-refractivity contribution in [3.8, 4) is 0 Å². The summed E-state index contributed by atoms with van der Waals surface area (Å²) in [5.74, 6) is -0.181. The first-order valence-corrected chi connectivity index (χ1v) is 6.33. The highest BCUT2D eigenvalue weighted by Gasteiger charge is 2.08. The lowest BCUT2D eigenvalue weighted by molar-refractivity contribution is -0.142. The predicted octanol–water partition coefficient (Wildman–Crippen LogP) is 3.71. The van der Waals surface area contributed by atoms with E-state index in [0.717, 1.165) is 20.8 Å². The van der Waals surface area contributed by atoms with Crippen LogP contribution in [-0.4, -0.2) is 12.6 Å². The monoisotopic (exact) mass is 292 g/mol. The molecule has 0 aliphatic carbocycles. The molecule has 0 saturated heterocycles. The third-order valence-electron chi connectivity index (χ3n) is 2.60. The summed E-state index contributed by atoms with van der Waals surface area (Å²) in [5.41, 5.74) is 1.00. The molecule has 3 heteroatoms. The first-order chi connectivity index (χ1) is 8.22. The van der Waals surface area contributed by atoms with E-state index in [1.165, 1.54) is 0 Å². The van der Waals surface area contributed by atoms with Crippen molar-refractivity contribution in [2.45, 2.75) is 13.3 Å². The molecule has 0 saturated carbocycles. The van der Waals surface area contributed by atoms with Crippen LogP contribution in [0.15, 0.2) is 40.9 Å². The molecule has 2 aromatic rings. The number of fused-ring (bicyclic) bond motifs is 1. The number of hydrogen-bond donors (Lipinski definition) is 0. The second kappa shape index (κ2) is 5.32.